The van der Waals surface area contributed by atoms with Crippen molar-refractivity contribution in [3.8, 4) is 5.75 Å². The van der Waals surface area contributed by atoms with Gasteiger partial charge in [-0.3, -0.25) is 0 Å². The van der Waals surface area contributed by atoms with Crippen LogP contribution in [0.25, 0.3) is 0 Å². The molecule has 0 saturated heterocycles. The molecule has 4 rings (SSSR count). The number of nitrogens with zero attached hydrogens (tertiary/aromatic N) is 1. The lowest BCUT2D eigenvalue weighted by Crippen LogP contribution is -2.45. The van der Waals surface area contributed by atoms with Gasteiger partial charge in [-0.15, -0.1) is 0 Å². The van der Waals surface area contributed by atoms with Crippen LogP contribution in [-0.4, -0.2) is 29.1 Å². The number of aliphatic hydroxyl groups excluding tert-OH is 1. The minimum Gasteiger partial charge on any atom is -0.508 e. The normalized spacial score (nSPS) is 40.4. The fraction of sp³-hybridized carbons (Fsp3) is 0.632. The number of oxime groups is 1. The summed E-state index contributed by atoms with van der Waals surface area (Å²) in [6.45, 7) is 2.26. The molecule has 0 radical (unpaired) electrons. The van der Waals surface area contributed by atoms with Gasteiger partial charge in [-0.2, -0.15) is 0 Å². The summed E-state index contributed by atoms with van der Waals surface area (Å²) in [5, 5.41) is 24.7. The van der Waals surface area contributed by atoms with Gasteiger partial charge in [0.25, 0.3) is 0 Å². The molecule has 3 aliphatic rings. The second-order valence-corrected chi connectivity index (χ2v) is 7.67. The smallest absolute Gasteiger partial charge is 0.115 e. The van der Waals surface area contributed by atoms with E-state index >= 15 is 0 Å². The Balaban J connectivity index is 1.72. The molecular formula is C19H25NO3. The Morgan fingerprint density at radius 2 is 2.13 bits per heavy atom. The maximum Gasteiger partial charge on any atom is 0.115 e. The first kappa shape index (κ1) is 15.0. The van der Waals surface area contributed by atoms with Gasteiger partial charge in [0.1, 0.15) is 12.9 Å². The van der Waals surface area contributed by atoms with E-state index in [1.165, 1.54) is 11.1 Å². The van der Waals surface area contributed by atoms with Crippen LogP contribution in [0.15, 0.2) is 23.4 Å². The number of rotatable bonds is 1. The highest BCUT2D eigenvalue weighted by Crippen LogP contribution is 2.60. The number of aromatic hydroxyl groups is 1. The largest absolute Gasteiger partial charge is 0.508 e. The van der Waals surface area contributed by atoms with E-state index in [-0.39, 0.29) is 17.4 Å². The molecule has 5 unspecified atom stereocenters. The molecule has 0 heterocycles. The van der Waals surface area contributed by atoms with Crippen LogP contribution in [0.5, 0.6) is 5.75 Å². The number of phenolic OH excluding ortho intramolecular Hbond substituents is 1. The van der Waals surface area contributed by atoms with Crippen molar-refractivity contribution >= 4 is 5.71 Å². The van der Waals surface area contributed by atoms with Crippen LogP contribution in [0.1, 0.15) is 49.7 Å². The van der Waals surface area contributed by atoms with Crippen molar-refractivity contribution in [2.75, 3.05) is 7.11 Å². The van der Waals surface area contributed by atoms with Crippen molar-refractivity contribution in [3.05, 3.63) is 29.3 Å². The number of aliphatic hydroxyl groups is 1. The molecule has 1 aromatic carbocycles. The lowest BCUT2D eigenvalue weighted by Gasteiger charge is -2.49. The van der Waals surface area contributed by atoms with Gasteiger partial charge < -0.3 is 15.1 Å². The third-order valence-corrected chi connectivity index (χ3v) is 6.64. The van der Waals surface area contributed by atoms with Gasteiger partial charge in [0.2, 0.25) is 0 Å². The van der Waals surface area contributed by atoms with Crippen LogP contribution in [-0.2, 0) is 11.3 Å². The predicted molar refractivity (Wildman–Crippen MR) is 88.6 cm³/mol. The molecule has 124 valence electrons. The fourth-order valence-electron chi connectivity index (χ4n) is 5.67. The second kappa shape index (κ2) is 5.23. The number of aryl methyl sites for hydroxylation is 1. The summed E-state index contributed by atoms with van der Waals surface area (Å²) < 4.78 is 0. The minimum atomic E-state index is -0.319. The van der Waals surface area contributed by atoms with Crippen molar-refractivity contribution in [2.24, 2.45) is 22.4 Å². The van der Waals surface area contributed by atoms with Gasteiger partial charge in [0.15, 0.2) is 0 Å². The minimum absolute atomic E-state index is 0.0367. The summed E-state index contributed by atoms with van der Waals surface area (Å²) in [7, 11) is 1.59. The van der Waals surface area contributed by atoms with E-state index in [1.54, 1.807) is 13.2 Å². The Morgan fingerprint density at radius 1 is 1.30 bits per heavy atom. The highest BCUT2D eigenvalue weighted by atomic mass is 16.6. The average molecular weight is 315 g/mol. The molecule has 1 aromatic rings. The van der Waals surface area contributed by atoms with Crippen molar-refractivity contribution < 1.29 is 15.1 Å². The van der Waals surface area contributed by atoms with E-state index in [0.717, 1.165) is 31.4 Å². The first-order valence-corrected chi connectivity index (χ1v) is 8.65. The monoisotopic (exact) mass is 315 g/mol. The third kappa shape index (κ3) is 2.11. The maximum absolute atomic E-state index is 10.7. The van der Waals surface area contributed by atoms with E-state index in [4.69, 9.17) is 4.84 Å². The third-order valence-electron chi connectivity index (χ3n) is 6.64. The maximum atomic E-state index is 10.7. The highest BCUT2D eigenvalue weighted by Gasteiger charge is 2.57. The number of hydrogen-bond acceptors (Lipinski definition) is 4. The van der Waals surface area contributed by atoms with Crippen molar-refractivity contribution in [2.45, 2.75) is 51.0 Å². The topological polar surface area (TPSA) is 62.0 Å². The van der Waals surface area contributed by atoms with Crippen molar-refractivity contribution in [1.82, 2.24) is 0 Å². The van der Waals surface area contributed by atoms with Crippen molar-refractivity contribution in [1.29, 1.82) is 0 Å². The van der Waals surface area contributed by atoms with Gasteiger partial charge in [0, 0.05) is 11.8 Å². The molecule has 0 spiro atoms. The summed E-state index contributed by atoms with van der Waals surface area (Å²) in [6, 6.07) is 5.82. The van der Waals surface area contributed by atoms with Gasteiger partial charge in [0.05, 0.1) is 11.8 Å². The molecule has 0 amide bonds. The quantitative estimate of drug-likeness (QED) is 0.782. The van der Waals surface area contributed by atoms with E-state index in [0.29, 0.717) is 24.0 Å². The van der Waals surface area contributed by atoms with Crippen LogP contribution < -0.4 is 0 Å². The number of fused-ring (bicyclic) bond motifs is 5. The Kier molecular flexibility index (Phi) is 3.41. The molecule has 5 atom stereocenters. The van der Waals surface area contributed by atoms with Gasteiger partial charge in [-0.1, -0.05) is 18.1 Å². The molecule has 2 fully saturated rings. The highest BCUT2D eigenvalue weighted by molar-refractivity contribution is 5.92. The summed E-state index contributed by atoms with van der Waals surface area (Å²) in [4.78, 5) is 5.04. The van der Waals surface area contributed by atoms with Crippen LogP contribution >= 0.6 is 0 Å². The Hall–Kier alpha value is -1.55. The molecular weight excluding hydrogens is 290 g/mol. The van der Waals surface area contributed by atoms with Gasteiger partial charge in [-0.25, -0.2) is 0 Å². The lowest BCUT2D eigenvalue weighted by molar-refractivity contribution is 0.00214. The summed E-state index contributed by atoms with van der Waals surface area (Å²) in [6.07, 6.45) is 4.55. The molecule has 4 heteroatoms. The standard InChI is InChI=1S/C19H25NO3/c1-19-8-7-14-13-6-4-12(21)9-11(13)3-5-15(14)18(19)16(22)10-17(19)20-23-2/h4,6,9,14-16,18,21-22H,3,5,7-8,10H2,1-2H3/b20-17+. The molecule has 2 N–H and O–H groups in total. The molecule has 3 aliphatic carbocycles. The second-order valence-electron chi connectivity index (χ2n) is 7.67. The van der Waals surface area contributed by atoms with Crippen LogP contribution in [0.2, 0.25) is 0 Å². The molecule has 0 aromatic heterocycles. The zero-order chi connectivity index (χ0) is 16.2. The average Bonchev–Trinajstić information content (AvgIpc) is 2.78. The molecule has 23 heavy (non-hydrogen) atoms. The van der Waals surface area contributed by atoms with Crippen LogP contribution in [0.4, 0.5) is 0 Å². The summed E-state index contributed by atoms with van der Waals surface area (Å²) in [5.41, 5.74) is 3.66. The SMILES string of the molecule is CO/N=C1\CC(O)C2C3CCc4cc(O)ccc4C3CCC12C. The molecule has 0 bridgehead atoms. The van der Waals surface area contributed by atoms with Crippen LogP contribution in [0, 0.1) is 17.3 Å². The van der Waals surface area contributed by atoms with Gasteiger partial charge in [-0.05, 0) is 66.7 Å². The number of benzene rings is 1. The fourth-order valence-corrected chi connectivity index (χ4v) is 5.67. The van der Waals surface area contributed by atoms with E-state index in [2.05, 4.69) is 18.1 Å². The van der Waals surface area contributed by atoms with E-state index in [1.807, 2.05) is 6.07 Å². The number of hydrogen-bond donors (Lipinski definition) is 2. The Labute approximate surface area is 137 Å². The van der Waals surface area contributed by atoms with Gasteiger partial charge >= 0.3 is 0 Å². The molecule has 2 saturated carbocycles. The van der Waals surface area contributed by atoms with E-state index in [9.17, 15) is 10.2 Å². The summed E-state index contributed by atoms with van der Waals surface area (Å²) in [5.74, 6) is 1.61. The summed E-state index contributed by atoms with van der Waals surface area (Å²) >= 11 is 0. The van der Waals surface area contributed by atoms with Crippen molar-refractivity contribution in [3.63, 3.8) is 0 Å². The zero-order valence-electron chi connectivity index (χ0n) is 13.8. The Morgan fingerprint density at radius 3 is 2.91 bits per heavy atom. The molecule has 0 aliphatic heterocycles. The van der Waals surface area contributed by atoms with E-state index < -0.39 is 0 Å². The zero-order valence-corrected chi connectivity index (χ0v) is 13.8. The Bertz CT molecular complexity index is 656. The first-order valence-electron chi connectivity index (χ1n) is 8.65. The number of phenols is 1. The lowest BCUT2D eigenvalue weighted by atomic mass is 9.55. The first-order chi connectivity index (χ1) is 11.0. The molecule has 4 nitrogen and oxygen atoms in total. The van der Waals surface area contributed by atoms with Crippen LogP contribution in [0.3, 0.4) is 0 Å². The predicted octanol–water partition coefficient (Wildman–Crippen LogP) is 3.22.